The summed E-state index contributed by atoms with van der Waals surface area (Å²) in [7, 11) is 7.44. The van der Waals surface area contributed by atoms with Gasteiger partial charge in [-0.3, -0.25) is 0 Å². The molecular formula is C28H34O10. The summed E-state index contributed by atoms with van der Waals surface area (Å²) in [5.74, 6) is 1.01. The van der Waals surface area contributed by atoms with Crippen molar-refractivity contribution in [1.29, 1.82) is 0 Å². The molecule has 10 nitrogen and oxygen atoms in total. The number of methoxy groups -OCH3 is 5. The highest BCUT2D eigenvalue weighted by Gasteiger charge is 2.39. The Morgan fingerprint density at radius 1 is 1.00 bits per heavy atom. The number of rotatable bonds is 8. The summed E-state index contributed by atoms with van der Waals surface area (Å²) in [5, 5.41) is 11.5. The minimum Gasteiger partial charge on any atom is -0.504 e. The van der Waals surface area contributed by atoms with Gasteiger partial charge in [0.15, 0.2) is 29.3 Å². The van der Waals surface area contributed by atoms with Gasteiger partial charge in [0, 0.05) is 42.9 Å². The first-order chi connectivity index (χ1) is 18.3. The van der Waals surface area contributed by atoms with E-state index in [1.54, 1.807) is 6.07 Å². The number of carbonyl (C=O) groups excluding carboxylic acids is 1. The number of hydrogen-bond acceptors (Lipinski definition) is 10. The molecule has 2 aliphatic rings. The molecule has 0 saturated heterocycles. The Hall–Kier alpha value is -3.63. The Bertz CT molecular complexity index is 1220. The first-order valence-electron chi connectivity index (χ1n) is 12.2. The maximum absolute atomic E-state index is 13.0. The van der Waals surface area contributed by atoms with Crippen molar-refractivity contribution in [3.63, 3.8) is 0 Å². The van der Waals surface area contributed by atoms with Crippen molar-refractivity contribution in [2.24, 2.45) is 11.8 Å². The van der Waals surface area contributed by atoms with Crippen LogP contribution in [0.4, 0.5) is 0 Å². The Balaban J connectivity index is 1.97. The van der Waals surface area contributed by atoms with Crippen LogP contribution in [-0.4, -0.2) is 59.7 Å². The van der Waals surface area contributed by atoms with Crippen LogP contribution in [0.15, 0.2) is 24.3 Å². The van der Waals surface area contributed by atoms with Gasteiger partial charge in [-0.2, -0.15) is 0 Å². The van der Waals surface area contributed by atoms with Gasteiger partial charge in [-0.15, -0.1) is 0 Å². The van der Waals surface area contributed by atoms with E-state index in [1.807, 2.05) is 13.0 Å². The zero-order valence-corrected chi connectivity index (χ0v) is 22.7. The molecule has 1 aliphatic heterocycles. The van der Waals surface area contributed by atoms with Crippen molar-refractivity contribution in [2.75, 3.05) is 42.3 Å². The number of phenols is 1. The van der Waals surface area contributed by atoms with E-state index in [-0.39, 0.29) is 30.1 Å². The zero-order valence-electron chi connectivity index (χ0n) is 22.7. The Morgan fingerprint density at radius 2 is 1.71 bits per heavy atom. The van der Waals surface area contributed by atoms with Crippen LogP contribution in [-0.2, 0) is 25.4 Å². The molecule has 0 amide bonds. The second kappa shape index (κ2) is 11.4. The molecule has 0 unspecified atom stereocenters. The van der Waals surface area contributed by atoms with E-state index >= 15 is 0 Å². The van der Waals surface area contributed by atoms with Gasteiger partial charge in [0.1, 0.15) is 6.10 Å². The molecule has 10 heteroatoms. The molecule has 2 aromatic rings. The van der Waals surface area contributed by atoms with Crippen LogP contribution >= 0.6 is 0 Å². The van der Waals surface area contributed by atoms with Gasteiger partial charge in [0.25, 0.3) is 0 Å². The van der Waals surface area contributed by atoms with E-state index in [2.05, 4.69) is 6.92 Å². The van der Waals surface area contributed by atoms with Crippen LogP contribution in [0.1, 0.15) is 31.1 Å². The first kappa shape index (κ1) is 27.4. The molecule has 0 aromatic heterocycles. The summed E-state index contributed by atoms with van der Waals surface area (Å²) in [6.07, 6.45) is 1.89. The van der Waals surface area contributed by atoms with Gasteiger partial charge >= 0.3 is 5.97 Å². The van der Waals surface area contributed by atoms with Gasteiger partial charge in [0.2, 0.25) is 18.3 Å². The largest absolute Gasteiger partial charge is 0.504 e. The zero-order chi connectivity index (χ0) is 27.6. The molecule has 0 spiro atoms. The number of carbonyl (C=O) groups is 1. The van der Waals surface area contributed by atoms with Crippen LogP contribution in [0.3, 0.4) is 0 Å². The van der Waals surface area contributed by atoms with Gasteiger partial charge in [-0.1, -0.05) is 13.8 Å². The Labute approximate surface area is 221 Å². The standard InChI is InChI=1S/C28H34O10/c1-14-10-16-11-18(31-3)26(34-6)24(30)22(16)23-17(12-19-27(28(23)35-7)37-13-36-19)25(15(14)2)38-20(29)8-9-21(32-4)33-5/h8-9,11-12,14-15,21,25,30H,10,13H2,1-7H3/b9-8+/t14-,15-,25-/m1/s1. The lowest BCUT2D eigenvalue weighted by Gasteiger charge is -2.34. The van der Waals surface area contributed by atoms with Gasteiger partial charge < -0.3 is 43.0 Å². The summed E-state index contributed by atoms with van der Waals surface area (Å²) in [5.41, 5.74) is 2.44. The fourth-order valence-electron chi connectivity index (χ4n) is 5.04. The molecule has 0 radical (unpaired) electrons. The average Bonchev–Trinajstić information content (AvgIpc) is 3.39. The highest BCUT2D eigenvalue weighted by atomic mass is 16.7. The molecule has 4 rings (SSSR count). The van der Waals surface area contributed by atoms with Crippen molar-refractivity contribution in [3.8, 4) is 45.6 Å². The lowest BCUT2D eigenvalue weighted by Crippen LogP contribution is -2.26. The van der Waals surface area contributed by atoms with Crippen molar-refractivity contribution in [3.05, 3.63) is 35.4 Å². The van der Waals surface area contributed by atoms with Crippen LogP contribution in [0.5, 0.6) is 34.5 Å². The van der Waals surface area contributed by atoms with E-state index in [4.69, 9.17) is 37.9 Å². The molecule has 1 heterocycles. The van der Waals surface area contributed by atoms with E-state index in [0.717, 1.165) is 5.56 Å². The predicted molar refractivity (Wildman–Crippen MR) is 137 cm³/mol. The molecule has 1 N–H and O–H groups in total. The lowest BCUT2D eigenvalue weighted by molar-refractivity contribution is -0.147. The summed E-state index contributed by atoms with van der Waals surface area (Å²) in [6, 6.07) is 3.64. The molecule has 206 valence electrons. The Morgan fingerprint density at radius 3 is 2.34 bits per heavy atom. The molecule has 3 atom stereocenters. The highest BCUT2D eigenvalue weighted by Crippen LogP contribution is 2.58. The number of hydrogen-bond donors (Lipinski definition) is 1. The highest BCUT2D eigenvalue weighted by molar-refractivity contribution is 5.89. The molecule has 1 aliphatic carbocycles. The van der Waals surface area contributed by atoms with Crippen LogP contribution in [0, 0.1) is 11.8 Å². The third-order valence-electron chi connectivity index (χ3n) is 7.15. The maximum Gasteiger partial charge on any atom is 0.331 e. The Kier molecular flexibility index (Phi) is 8.23. The third-order valence-corrected chi connectivity index (χ3v) is 7.15. The number of aromatic hydroxyl groups is 1. The molecule has 38 heavy (non-hydrogen) atoms. The van der Waals surface area contributed by atoms with Gasteiger partial charge in [-0.05, 0) is 36.1 Å². The molecule has 0 saturated carbocycles. The van der Waals surface area contributed by atoms with Crippen molar-refractivity contribution < 1.29 is 47.8 Å². The number of benzene rings is 2. The molecular weight excluding hydrogens is 496 g/mol. The average molecular weight is 531 g/mol. The summed E-state index contributed by atoms with van der Waals surface area (Å²) in [4.78, 5) is 13.0. The van der Waals surface area contributed by atoms with Gasteiger partial charge in [0.05, 0.1) is 21.3 Å². The minimum atomic E-state index is -0.718. The topological polar surface area (TPSA) is 111 Å². The molecule has 0 fully saturated rings. The van der Waals surface area contributed by atoms with Crippen LogP contribution < -0.4 is 23.7 Å². The quantitative estimate of drug-likeness (QED) is 0.299. The maximum atomic E-state index is 13.0. The minimum absolute atomic E-state index is 0.00787. The fraction of sp³-hybridized carbons (Fsp3) is 0.464. The summed E-state index contributed by atoms with van der Waals surface area (Å²) < 4.78 is 44.6. The lowest BCUT2D eigenvalue weighted by atomic mass is 9.76. The van der Waals surface area contributed by atoms with Gasteiger partial charge in [-0.25, -0.2) is 4.79 Å². The van der Waals surface area contributed by atoms with Crippen LogP contribution in [0.25, 0.3) is 11.1 Å². The van der Waals surface area contributed by atoms with Crippen molar-refractivity contribution in [2.45, 2.75) is 32.7 Å². The van der Waals surface area contributed by atoms with Crippen molar-refractivity contribution >= 4 is 5.97 Å². The third kappa shape index (κ3) is 4.81. The SMILES string of the molecule is COc1cc2c(c(O)c1OC)-c1c(cc3c(c1OC)OCO3)[C@H](OC(=O)/C=C/C(OC)OC)[C@H](C)[C@H](C)C2. The first-order valence-corrected chi connectivity index (χ1v) is 12.2. The number of phenolic OH excluding ortho intramolecular Hbond substituents is 1. The summed E-state index contributed by atoms with van der Waals surface area (Å²) in [6.45, 7) is 4.10. The van der Waals surface area contributed by atoms with E-state index in [1.165, 1.54) is 47.7 Å². The van der Waals surface area contributed by atoms with E-state index in [9.17, 15) is 9.90 Å². The monoisotopic (exact) mass is 530 g/mol. The smallest absolute Gasteiger partial charge is 0.331 e. The second-order valence-corrected chi connectivity index (χ2v) is 9.20. The molecule has 2 aromatic carbocycles. The predicted octanol–water partition coefficient (Wildman–Crippen LogP) is 4.40. The number of ether oxygens (including phenoxy) is 8. The van der Waals surface area contributed by atoms with Crippen LogP contribution in [0.2, 0.25) is 0 Å². The number of esters is 1. The van der Waals surface area contributed by atoms with Crippen molar-refractivity contribution in [1.82, 2.24) is 0 Å². The second-order valence-electron chi connectivity index (χ2n) is 9.20. The number of fused-ring (bicyclic) bond motifs is 4. The van der Waals surface area contributed by atoms with E-state index in [0.29, 0.717) is 46.1 Å². The van der Waals surface area contributed by atoms with E-state index < -0.39 is 18.4 Å². The normalized spacial score (nSPS) is 19.9. The fourth-order valence-corrected chi connectivity index (χ4v) is 5.04. The summed E-state index contributed by atoms with van der Waals surface area (Å²) >= 11 is 0. The molecule has 0 bridgehead atoms.